The van der Waals surface area contributed by atoms with Gasteiger partial charge in [0, 0.05) is 49.0 Å². The minimum atomic E-state index is -3.62. The summed E-state index contributed by atoms with van der Waals surface area (Å²) in [7, 11) is -1.61. The second kappa shape index (κ2) is 8.42. The molecule has 2 heterocycles. The zero-order valence-electron chi connectivity index (χ0n) is 17.1. The van der Waals surface area contributed by atoms with E-state index < -0.39 is 10.0 Å². The normalized spacial score (nSPS) is 12.9. The van der Waals surface area contributed by atoms with Gasteiger partial charge in [0.05, 0.1) is 4.90 Å². The zero-order chi connectivity index (χ0) is 21.1. The van der Waals surface area contributed by atoms with E-state index in [9.17, 15) is 8.42 Å². The summed E-state index contributed by atoms with van der Waals surface area (Å²) in [6.07, 6.45) is 6.48. The van der Waals surface area contributed by atoms with Crippen molar-refractivity contribution < 1.29 is 8.42 Å². The van der Waals surface area contributed by atoms with E-state index in [1.54, 1.807) is 24.5 Å². The maximum Gasteiger partial charge on any atom is 0.240 e. The Morgan fingerprint density at radius 2 is 1.80 bits per heavy atom. The molecule has 0 aliphatic heterocycles. The fourth-order valence-electron chi connectivity index (χ4n) is 3.82. The number of nitrogens with zero attached hydrogens (tertiary/aromatic N) is 2. The molecule has 4 aromatic rings. The van der Waals surface area contributed by atoms with Crippen molar-refractivity contribution in [1.82, 2.24) is 14.3 Å². The van der Waals surface area contributed by atoms with Gasteiger partial charge in [-0.1, -0.05) is 43.3 Å². The Labute approximate surface area is 177 Å². The lowest BCUT2D eigenvalue weighted by Gasteiger charge is -2.18. The molecule has 0 spiro atoms. The molecule has 5 nitrogen and oxygen atoms in total. The molecule has 4 rings (SSSR count). The highest BCUT2D eigenvalue weighted by molar-refractivity contribution is 7.89. The maximum atomic E-state index is 12.9. The molecule has 0 fully saturated rings. The molecule has 0 saturated carbocycles. The van der Waals surface area contributed by atoms with Crippen molar-refractivity contribution in [2.45, 2.75) is 24.2 Å². The lowest BCUT2D eigenvalue weighted by molar-refractivity contribution is 0.577. The Morgan fingerprint density at radius 3 is 2.50 bits per heavy atom. The number of pyridine rings is 1. The van der Waals surface area contributed by atoms with E-state index in [0.717, 1.165) is 34.0 Å². The van der Waals surface area contributed by atoms with E-state index >= 15 is 0 Å². The molecule has 154 valence electrons. The fourth-order valence-corrected chi connectivity index (χ4v) is 4.87. The van der Waals surface area contributed by atoms with Crippen LogP contribution in [-0.2, 0) is 23.5 Å². The predicted octanol–water partition coefficient (Wildman–Crippen LogP) is 4.25. The van der Waals surface area contributed by atoms with E-state index in [1.165, 1.54) is 0 Å². The monoisotopic (exact) mass is 419 g/mol. The molecular weight excluding hydrogens is 394 g/mol. The van der Waals surface area contributed by atoms with Gasteiger partial charge in [-0.05, 0) is 47.4 Å². The van der Waals surface area contributed by atoms with Crippen LogP contribution >= 0.6 is 0 Å². The summed E-state index contributed by atoms with van der Waals surface area (Å²) in [5, 5.41) is 1.11. The smallest absolute Gasteiger partial charge is 0.240 e. The van der Waals surface area contributed by atoms with Gasteiger partial charge in [-0.2, -0.15) is 0 Å². The lowest BCUT2D eigenvalue weighted by atomic mass is 9.92. The van der Waals surface area contributed by atoms with Crippen molar-refractivity contribution in [1.29, 1.82) is 0 Å². The summed E-state index contributed by atoms with van der Waals surface area (Å²) in [6, 6.07) is 19.1. The molecule has 0 bridgehead atoms. The first-order chi connectivity index (χ1) is 14.5. The van der Waals surface area contributed by atoms with Crippen LogP contribution in [0.5, 0.6) is 0 Å². The van der Waals surface area contributed by atoms with Crippen LogP contribution in [0.3, 0.4) is 0 Å². The topological polar surface area (TPSA) is 64.0 Å². The minimum absolute atomic E-state index is 0.158. The molecule has 30 heavy (non-hydrogen) atoms. The van der Waals surface area contributed by atoms with Gasteiger partial charge in [0.15, 0.2) is 0 Å². The average molecular weight is 420 g/mol. The number of aryl methyl sites for hydroxylation is 2. The van der Waals surface area contributed by atoms with Crippen LogP contribution < -0.4 is 4.72 Å². The number of hydrogen-bond acceptors (Lipinski definition) is 3. The molecule has 0 unspecified atom stereocenters. The van der Waals surface area contributed by atoms with Gasteiger partial charge in [0.25, 0.3) is 0 Å². The van der Waals surface area contributed by atoms with E-state index in [-0.39, 0.29) is 17.4 Å². The molecule has 1 N–H and O–H groups in total. The number of rotatable bonds is 7. The summed E-state index contributed by atoms with van der Waals surface area (Å²) >= 11 is 0. The Bertz CT molecular complexity index is 1250. The van der Waals surface area contributed by atoms with Crippen LogP contribution in [0.4, 0.5) is 0 Å². The molecule has 6 heteroatoms. The number of nitrogens with one attached hydrogen (secondary N) is 1. The predicted molar refractivity (Wildman–Crippen MR) is 120 cm³/mol. The third kappa shape index (κ3) is 4.01. The van der Waals surface area contributed by atoms with Crippen molar-refractivity contribution >= 4 is 20.9 Å². The lowest BCUT2D eigenvalue weighted by Crippen LogP contribution is -2.29. The first-order valence-electron chi connectivity index (χ1n) is 10.0. The van der Waals surface area contributed by atoms with Crippen LogP contribution in [0.2, 0.25) is 0 Å². The van der Waals surface area contributed by atoms with E-state index in [0.29, 0.717) is 0 Å². The van der Waals surface area contributed by atoms with Crippen LogP contribution in [0.1, 0.15) is 29.5 Å². The fraction of sp³-hybridized carbons (Fsp3) is 0.208. The highest BCUT2D eigenvalue weighted by Gasteiger charge is 2.23. The van der Waals surface area contributed by atoms with Crippen molar-refractivity contribution in [2.24, 2.45) is 7.05 Å². The van der Waals surface area contributed by atoms with Crippen LogP contribution in [-0.4, -0.2) is 24.5 Å². The van der Waals surface area contributed by atoms with Gasteiger partial charge in [0.2, 0.25) is 10.0 Å². The minimum Gasteiger partial charge on any atom is -0.350 e. The van der Waals surface area contributed by atoms with Crippen LogP contribution in [0.25, 0.3) is 10.9 Å². The van der Waals surface area contributed by atoms with Crippen LogP contribution in [0.15, 0.2) is 84.1 Å². The largest absolute Gasteiger partial charge is 0.350 e. The van der Waals surface area contributed by atoms with Gasteiger partial charge < -0.3 is 4.57 Å². The Kier molecular flexibility index (Phi) is 5.70. The van der Waals surface area contributed by atoms with Gasteiger partial charge in [0.1, 0.15) is 0 Å². The second-order valence-corrected chi connectivity index (χ2v) is 9.17. The van der Waals surface area contributed by atoms with Crippen molar-refractivity contribution in [3.05, 3.63) is 95.9 Å². The molecule has 2 aromatic carbocycles. The van der Waals surface area contributed by atoms with Gasteiger partial charge in [-0.3, -0.25) is 4.98 Å². The van der Waals surface area contributed by atoms with E-state index in [2.05, 4.69) is 32.6 Å². The summed E-state index contributed by atoms with van der Waals surface area (Å²) in [5.41, 5.74) is 4.26. The molecule has 2 aromatic heterocycles. The third-order valence-corrected chi connectivity index (χ3v) is 6.95. The standard InChI is InChI=1S/C24H25N3O2S/c1-3-18-10-12-20(13-11-18)30(28,29)26-16-22(19-7-6-14-25-15-19)23-17-27(2)24-9-5-4-8-21(23)24/h4-15,17,22,26H,3,16H2,1-2H3/t22-/m0/s1. The molecule has 0 radical (unpaired) electrons. The van der Waals surface area contributed by atoms with Gasteiger partial charge in [-0.25, -0.2) is 13.1 Å². The number of fused-ring (bicyclic) bond motifs is 1. The highest BCUT2D eigenvalue weighted by Crippen LogP contribution is 2.31. The number of benzene rings is 2. The summed E-state index contributed by atoms with van der Waals surface area (Å²) in [4.78, 5) is 4.54. The first-order valence-corrected chi connectivity index (χ1v) is 11.5. The number of para-hydroxylation sites is 1. The highest BCUT2D eigenvalue weighted by atomic mass is 32.2. The van der Waals surface area contributed by atoms with Crippen molar-refractivity contribution in [3.63, 3.8) is 0 Å². The first kappa shape index (κ1) is 20.3. The quantitative estimate of drug-likeness (QED) is 0.487. The van der Waals surface area contributed by atoms with E-state index in [4.69, 9.17) is 0 Å². The summed E-state index contributed by atoms with van der Waals surface area (Å²) < 4.78 is 30.8. The molecule has 0 saturated heterocycles. The Morgan fingerprint density at radius 1 is 1.03 bits per heavy atom. The molecule has 0 amide bonds. The number of aromatic nitrogens is 2. The Hall–Kier alpha value is -2.96. The van der Waals surface area contributed by atoms with Gasteiger partial charge >= 0.3 is 0 Å². The molecule has 1 atom stereocenters. The van der Waals surface area contributed by atoms with Crippen LogP contribution in [0, 0.1) is 0 Å². The summed E-state index contributed by atoms with van der Waals surface area (Å²) in [5.74, 6) is -0.158. The summed E-state index contributed by atoms with van der Waals surface area (Å²) in [6.45, 7) is 2.29. The Balaban J connectivity index is 1.69. The zero-order valence-corrected chi connectivity index (χ0v) is 17.9. The number of hydrogen-bond donors (Lipinski definition) is 1. The number of sulfonamides is 1. The van der Waals surface area contributed by atoms with E-state index in [1.807, 2.05) is 50.4 Å². The van der Waals surface area contributed by atoms with Crippen molar-refractivity contribution in [3.8, 4) is 0 Å². The average Bonchev–Trinajstić information content (AvgIpc) is 3.11. The molecule has 0 aliphatic rings. The molecular formula is C24H25N3O2S. The van der Waals surface area contributed by atoms with Gasteiger partial charge in [-0.15, -0.1) is 0 Å². The maximum absolute atomic E-state index is 12.9. The van der Waals surface area contributed by atoms with Crippen molar-refractivity contribution in [2.75, 3.05) is 6.54 Å². The second-order valence-electron chi connectivity index (χ2n) is 7.40. The SMILES string of the molecule is CCc1ccc(S(=O)(=O)NC[C@@H](c2cccnc2)c2cn(C)c3ccccc23)cc1. The molecule has 0 aliphatic carbocycles. The third-order valence-electron chi connectivity index (χ3n) is 5.51.